The van der Waals surface area contributed by atoms with E-state index in [0.29, 0.717) is 0 Å². The van der Waals surface area contributed by atoms with Crippen LogP contribution in [0, 0.1) is 5.82 Å². The van der Waals surface area contributed by atoms with Gasteiger partial charge in [0.25, 0.3) is 0 Å². The van der Waals surface area contributed by atoms with Crippen molar-refractivity contribution in [1.82, 2.24) is 9.97 Å². The smallest absolute Gasteiger partial charge is 0.227 e. The molecule has 2 fully saturated rings. The van der Waals surface area contributed by atoms with Gasteiger partial charge in [0.05, 0.1) is 13.2 Å². The molecular formula is C18H22FN5O. The minimum Gasteiger partial charge on any atom is -0.378 e. The van der Waals surface area contributed by atoms with E-state index in [-0.39, 0.29) is 5.82 Å². The van der Waals surface area contributed by atoms with E-state index in [1.807, 2.05) is 24.4 Å². The minimum atomic E-state index is -0.195. The Morgan fingerprint density at radius 1 is 0.800 bits per heavy atom. The molecule has 0 N–H and O–H groups in total. The van der Waals surface area contributed by atoms with Gasteiger partial charge in [-0.3, -0.25) is 0 Å². The van der Waals surface area contributed by atoms with E-state index in [9.17, 15) is 4.39 Å². The van der Waals surface area contributed by atoms with Gasteiger partial charge in [0, 0.05) is 51.2 Å². The number of anilines is 3. The van der Waals surface area contributed by atoms with Gasteiger partial charge in [-0.25, -0.2) is 9.37 Å². The maximum Gasteiger partial charge on any atom is 0.227 e. The van der Waals surface area contributed by atoms with Crippen LogP contribution >= 0.6 is 0 Å². The highest BCUT2D eigenvalue weighted by Crippen LogP contribution is 2.21. The molecule has 0 amide bonds. The fourth-order valence-electron chi connectivity index (χ4n) is 3.28. The maximum absolute atomic E-state index is 13.1. The minimum absolute atomic E-state index is 0.195. The van der Waals surface area contributed by atoms with E-state index >= 15 is 0 Å². The predicted octanol–water partition coefficient (Wildman–Crippen LogP) is 1.78. The first-order chi connectivity index (χ1) is 12.3. The molecule has 132 valence electrons. The zero-order chi connectivity index (χ0) is 17.1. The van der Waals surface area contributed by atoms with Crippen molar-refractivity contribution in [1.29, 1.82) is 0 Å². The molecule has 2 aliphatic rings. The van der Waals surface area contributed by atoms with Crippen molar-refractivity contribution >= 4 is 17.5 Å². The Morgan fingerprint density at radius 2 is 1.48 bits per heavy atom. The Bertz CT molecular complexity index is 697. The SMILES string of the molecule is Fc1ccc(N2CCN(c3ccnc(N4CCOCC4)n3)CC2)cc1. The number of aromatic nitrogens is 2. The summed E-state index contributed by atoms with van der Waals surface area (Å²) in [4.78, 5) is 15.9. The summed E-state index contributed by atoms with van der Waals surface area (Å²) in [5.41, 5.74) is 1.07. The highest BCUT2D eigenvalue weighted by molar-refractivity contribution is 5.50. The lowest BCUT2D eigenvalue weighted by molar-refractivity contribution is 0.122. The van der Waals surface area contributed by atoms with Crippen LogP contribution in [-0.2, 0) is 4.74 Å². The third kappa shape index (κ3) is 3.66. The Hall–Kier alpha value is -2.41. The second kappa shape index (κ2) is 7.23. The summed E-state index contributed by atoms with van der Waals surface area (Å²) < 4.78 is 18.5. The van der Waals surface area contributed by atoms with Gasteiger partial charge in [-0.2, -0.15) is 4.98 Å². The van der Waals surface area contributed by atoms with Crippen LogP contribution in [0.5, 0.6) is 0 Å². The van der Waals surface area contributed by atoms with E-state index in [2.05, 4.69) is 19.7 Å². The lowest BCUT2D eigenvalue weighted by atomic mass is 10.2. The quantitative estimate of drug-likeness (QED) is 0.847. The first-order valence-electron chi connectivity index (χ1n) is 8.71. The molecule has 2 saturated heterocycles. The molecule has 3 heterocycles. The Morgan fingerprint density at radius 3 is 2.20 bits per heavy atom. The van der Waals surface area contributed by atoms with Crippen LogP contribution in [0.25, 0.3) is 0 Å². The summed E-state index contributed by atoms with van der Waals surface area (Å²) in [6.07, 6.45) is 1.83. The van der Waals surface area contributed by atoms with Crippen molar-refractivity contribution in [2.24, 2.45) is 0 Å². The first-order valence-corrected chi connectivity index (χ1v) is 8.71. The fourth-order valence-corrected chi connectivity index (χ4v) is 3.28. The van der Waals surface area contributed by atoms with E-state index < -0.39 is 0 Å². The summed E-state index contributed by atoms with van der Waals surface area (Å²) >= 11 is 0. The summed E-state index contributed by atoms with van der Waals surface area (Å²) in [7, 11) is 0. The number of hydrogen-bond donors (Lipinski definition) is 0. The van der Waals surface area contributed by atoms with Crippen LogP contribution in [0.2, 0.25) is 0 Å². The average molecular weight is 343 g/mol. The largest absolute Gasteiger partial charge is 0.378 e. The monoisotopic (exact) mass is 343 g/mol. The van der Waals surface area contributed by atoms with Crippen molar-refractivity contribution in [2.75, 3.05) is 67.2 Å². The molecule has 1 aromatic heterocycles. The van der Waals surface area contributed by atoms with Gasteiger partial charge >= 0.3 is 0 Å². The van der Waals surface area contributed by atoms with Gasteiger partial charge in [0.1, 0.15) is 11.6 Å². The molecule has 4 rings (SSSR count). The molecule has 0 radical (unpaired) electrons. The van der Waals surface area contributed by atoms with Crippen LogP contribution in [0.4, 0.5) is 21.8 Å². The molecule has 0 saturated carbocycles. The van der Waals surface area contributed by atoms with Gasteiger partial charge in [0.2, 0.25) is 5.95 Å². The molecule has 0 aliphatic carbocycles. The molecular weight excluding hydrogens is 321 g/mol. The highest BCUT2D eigenvalue weighted by atomic mass is 19.1. The molecule has 25 heavy (non-hydrogen) atoms. The molecule has 2 aliphatic heterocycles. The molecule has 7 heteroatoms. The average Bonchev–Trinajstić information content (AvgIpc) is 2.70. The Kier molecular flexibility index (Phi) is 4.65. The zero-order valence-electron chi connectivity index (χ0n) is 14.1. The zero-order valence-corrected chi connectivity index (χ0v) is 14.1. The van der Waals surface area contributed by atoms with Crippen LogP contribution in [-0.4, -0.2) is 62.5 Å². The van der Waals surface area contributed by atoms with E-state index in [1.165, 1.54) is 12.1 Å². The van der Waals surface area contributed by atoms with Gasteiger partial charge in [-0.1, -0.05) is 0 Å². The van der Waals surface area contributed by atoms with Gasteiger partial charge < -0.3 is 19.4 Å². The highest BCUT2D eigenvalue weighted by Gasteiger charge is 2.20. The molecule has 0 unspecified atom stereocenters. The standard InChI is InChI=1S/C18H22FN5O/c19-15-1-3-16(4-2-15)22-7-9-23(10-8-22)17-5-6-20-18(21-17)24-11-13-25-14-12-24/h1-6H,7-14H2. The number of hydrogen-bond acceptors (Lipinski definition) is 6. The van der Waals surface area contributed by atoms with Gasteiger partial charge in [-0.05, 0) is 30.3 Å². The topological polar surface area (TPSA) is 44.7 Å². The van der Waals surface area contributed by atoms with E-state index in [4.69, 9.17) is 9.72 Å². The molecule has 0 atom stereocenters. The molecule has 1 aromatic carbocycles. The fraction of sp³-hybridized carbons (Fsp3) is 0.444. The number of rotatable bonds is 3. The van der Waals surface area contributed by atoms with Crippen LogP contribution in [0.1, 0.15) is 0 Å². The number of nitrogens with zero attached hydrogens (tertiary/aromatic N) is 5. The van der Waals surface area contributed by atoms with Crippen molar-refractivity contribution in [3.63, 3.8) is 0 Å². The Balaban J connectivity index is 1.41. The van der Waals surface area contributed by atoms with Gasteiger partial charge in [0.15, 0.2) is 0 Å². The molecule has 0 bridgehead atoms. The van der Waals surface area contributed by atoms with Crippen molar-refractivity contribution < 1.29 is 9.13 Å². The summed E-state index contributed by atoms with van der Waals surface area (Å²) in [5.74, 6) is 1.55. The molecule has 2 aromatic rings. The Labute approximate surface area is 146 Å². The van der Waals surface area contributed by atoms with E-state index in [0.717, 1.165) is 69.9 Å². The maximum atomic E-state index is 13.1. The summed E-state index contributed by atoms with van der Waals surface area (Å²) in [5, 5.41) is 0. The van der Waals surface area contributed by atoms with Crippen LogP contribution in [0.3, 0.4) is 0 Å². The normalized spacial score (nSPS) is 18.5. The lowest BCUT2D eigenvalue weighted by Gasteiger charge is -2.37. The molecule has 0 spiro atoms. The van der Waals surface area contributed by atoms with Gasteiger partial charge in [-0.15, -0.1) is 0 Å². The van der Waals surface area contributed by atoms with Crippen molar-refractivity contribution in [2.45, 2.75) is 0 Å². The second-order valence-electron chi connectivity index (χ2n) is 6.26. The summed E-state index contributed by atoms with van der Waals surface area (Å²) in [6, 6.07) is 8.68. The second-order valence-corrected chi connectivity index (χ2v) is 6.26. The number of halogens is 1. The first kappa shape index (κ1) is 16.1. The number of piperazine rings is 1. The van der Waals surface area contributed by atoms with E-state index in [1.54, 1.807) is 0 Å². The van der Waals surface area contributed by atoms with Crippen molar-refractivity contribution in [3.05, 3.63) is 42.3 Å². The third-order valence-electron chi connectivity index (χ3n) is 4.72. The third-order valence-corrected chi connectivity index (χ3v) is 4.72. The van der Waals surface area contributed by atoms with Crippen LogP contribution in [0.15, 0.2) is 36.5 Å². The lowest BCUT2D eigenvalue weighted by Crippen LogP contribution is -2.47. The number of ether oxygens (including phenoxy) is 1. The number of morpholine rings is 1. The summed E-state index contributed by atoms with van der Waals surface area (Å²) in [6.45, 7) is 6.68. The van der Waals surface area contributed by atoms with Crippen LogP contribution < -0.4 is 14.7 Å². The predicted molar refractivity (Wildman–Crippen MR) is 95.9 cm³/mol. The molecule has 6 nitrogen and oxygen atoms in total. The van der Waals surface area contributed by atoms with Crippen molar-refractivity contribution in [3.8, 4) is 0 Å². The number of benzene rings is 1.